The molecule has 2 aromatic carbocycles. The molecule has 0 unspecified atom stereocenters. The Morgan fingerprint density at radius 2 is 1.85 bits per heavy atom. The highest BCUT2D eigenvalue weighted by atomic mass is 35.5. The van der Waals surface area contributed by atoms with E-state index in [1.807, 2.05) is 0 Å². The molecule has 0 aliphatic carbocycles. The van der Waals surface area contributed by atoms with Crippen LogP contribution < -0.4 is 10.1 Å². The number of nitrogens with zero attached hydrogens (tertiary/aromatic N) is 1. The average Bonchev–Trinajstić information content (AvgIpc) is 2.63. The van der Waals surface area contributed by atoms with Crippen LogP contribution in [0.3, 0.4) is 0 Å². The van der Waals surface area contributed by atoms with E-state index in [9.17, 15) is 19.7 Å². The summed E-state index contributed by atoms with van der Waals surface area (Å²) in [5, 5.41) is 13.8. The SMILES string of the molecule is COc1ccc([N+](=O)[O-])cc1NC(=O)[C@H](C)OC(=O)c1ccc(Cl)c(Cl)c1. The highest BCUT2D eigenvalue weighted by Gasteiger charge is 2.22. The molecule has 0 fully saturated rings. The summed E-state index contributed by atoms with van der Waals surface area (Å²) in [6.45, 7) is 1.36. The number of hydrogen-bond acceptors (Lipinski definition) is 6. The van der Waals surface area contributed by atoms with Gasteiger partial charge in [-0.25, -0.2) is 4.79 Å². The van der Waals surface area contributed by atoms with Gasteiger partial charge < -0.3 is 14.8 Å². The first-order valence-electron chi connectivity index (χ1n) is 7.52. The number of methoxy groups -OCH3 is 1. The van der Waals surface area contributed by atoms with E-state index in [4.69, 9.17) is 32.7 Å². The van der Waals surface area contributed by atoms with Crippen molar-refractivity contribution in [3.8, 4) is 5.75 Å². The molecule has 0 bridgehead atoms. The maximum atomic E-state index is 12.3. The molecule has 27 heavy (non-hydrogen) atoms. The fourth-order valence-corrected chi connectivity index (χ4v) is 2.34. The molecule has 1 amide bonds. The van der Waals surface area contributed by atoms with Crippen LogP contribution >= 0.6 is 23.2 Å². The topological polar surface area (TPSA) is 108 Å². The zero-order valence-corrected chi connectivity index (χ0v) is 15.7. The first kappa shape index (κ1) is 20.5. The van der Waals surface area contributed by atoms with Gasteiger partial charge in [-0.2, -0.15) is 0 Å². The van der Waals surface area contributed by atoms with Crippen molar-refractivity contribution in [3.05, 3.63) is 62.1 Å². The molecule has 0 aromatic heterocycles. The van der Waals surface area contributed by atoms with Gasteiger partial charge in [0.1, 0.15) is 5.75 Å². The van der Waals surface area contributed by atoms with Gasteiger partial charge >= 0.3 is 5.97 Å². The standard InChI is InChI=1S/C17H14Cl2N2O6/c1-9(27-17(23)10-3-5-12(18)13(19)7-10)16(22)20-14-8-11(21(24)25)4-6-15(14)26-2/h3-9H,1-2H3,(H,20,22)/t9-/m0/s1. The Bertz CT molecular complexity index is 903. The maximum Gasteiger partial charge on any atom is 0.338 e. The highest BCUT2D eigenvalue weighted by Crippen LogP contribution is 2.29. The average molecular weight is 413 g/mol. The number of nitrogens with one attached hydrogen (secondary N) is 1. The van der Waals surface area contributed by atoms with Gasteiger partial charge in [-0.15, -0.1) is 0 Å². The number of nitro groups is 1. The first-order valence-corrected chi connectivity index (χ1v) is 8.28. The zero-order chi connectivity index (χ0) is 20.1. The summed E-state index contributed by atoms with van der Waals surface area (Å²) in [5.74, 6) is -1.25. The molecule has 0 heterocycles. The van der Waals surface area contributed by atoms with Crippen molar-refractivity contribution in [2.45, 2.75) is 13.0 Å². The monoisotopic (exact) mass is 412 g/mol. The fraction of sp³-hybridized carbons (Fsp3) is 0.176. The van der Waals surface area contributed by atoms with E-state index in [-0.39, 0.29) is 32.7 Å². The number of esters is 1. The summed E-state index contributed by atoms with van der Waals surface area (Å²) in [4.78, 5) is 34.7. The summed E-state index contributed by atoms with van der Waals surface area (Å²) in [6.07, 6.45) is -1.18. The fourth-order valence-electron chi connectivity index (χ4n) is 2.05. The number of non-ortho nitro benzene ring substituents is 1. The highest BCUT2D eigenvalue weighted by molar-refractivity contribution is 6.42. The van der Waals surface area contributed by atoms with Gasteiger partial charge in [0.05, 0.1) is 33.3 Å². The number of carbonyl (C=O) groups excluding carboxylic acids is 2. The Hall–Kier alpha value is -2.84. The normalized spacial score (nSPS) is 11.4. The van der Waals surface area contributed by atoms with Gasteiger partial charge in [0.25, 0.3) is 11.6 Å². The second-order valence-corrected chi connectivity index (χ2v) is 6.12. The molecular formula is C17H14Cl2N2O6. The Morgan fingerprint density at radius 3 is 2.44 bits per heavy atom. The summed E-state index contributed by atoms with van der Waals surface area (Å²) in [7, 11) is 1.35. The van der Waals surface area contributed by atoms with Gasteiger partial charge in [0, 0.05) is 12.1 Å². The van der Waals surface area contributed by atoms with Crippen LogP contribution in [0.1, 0.15) is 17.3 Å². The van der Waals surface area contributed by atoms with Crippen LogP contribution in [-0.2, 0) is 9.53 Å². The second-order valence-electron chi connectivity index (χ2n) is 5.31. The molecule has 10 heteroatoms. The van der Waals surface area contributed by atoms with Crippen molar-refractivity contribution < 1.29 is 24.0 Å². The lowest BCUT2D eigenvalue weighted by Gasteiger charge is -2.15. The molecule has 2 aromatic rings. The number of nitro benzene ring substituents is 1. The number of hydrogen-bond donors (Lipinski definition) is 1. The zero-order valence-electron chi connectivity index (χ0n) is 14.2. The van der Waals surface area contributed by atoms with Crippen LogP contribution in [0.5, 0.6) is 5.75 Å². The molecule has 0 saturated heterocycles. The predicted molar refractivity (Wildman–Crippen MR) is 99.6 cm³/mol. The predicted octanol–water partition coefficient (Wildman–Crippen LogP) is 4.09. The van der Waals surface area contributed by atoms with Crippen molar-refractivity contribution >= 4 is 46.5 Å². The summed E-state index contributed by atoms with van der Waals surface area (Å²) < 4.78 is 10.2. The van der Waals surface area contributed by atoms with Crippen LogP contribution in [0.25, 0.3) is 0 Å². The van der Waals surface area contributed by atoms with Crippen molar-refractivity contribution in [3.63, 3.8) is 0 Å². The van der Waals surface area contributed by atoms with E-state index in [1.165, 1.54) is 44.4 Å². The number of ether oxygens (including phenoxy) is 2. The van der Waals surface area contributed by atoms with E-state index < -0.39 is 22.9 Å². The number of carbonyl (C=O) groups is 2. The van der Waals surface area contributed by atoms with Gasteiger partial charge in [-0.3, -0.25) is 14.9 Å². The summed E-state index contributed by atoms with van der Waals surface area (Å²) in [5.41, 5.74) is -0.0299. The van der Waals surface area contributed by atoms with Gasteiger partial charge in [-0.05, 0) is 31.2 Å². The van der Waals surface area contributed by atoms with Crippen molar-refractivity contribution in [2.24, 2.45) is 0 Å². The van der Waals surface area contributed by atoms with Crippen molar-refractivity contribution in [1.82, 2.24) is 0 Å². The smallest absolute Gasteiger partial charge is 0.338 e. The van der Waals surface area contributed by atoms with Crippen molar-refractivity contribution in [2.75, 3.05) is 12.4 Å². The lowest BCUT2D eigenvalue weighted by atomic mass is 10.2. The van der Waals surface area contributed by atoms with Crippen LogP contribution in [0.15, 0.2) is 36.4 Å². The van der Waals surface area contributed by atoms with Crippen LogP contribution in [0, 0.1) is 10.1 Å². The van der Waals surface area contributed by atoms with Crippen molar-refractivity contribution in [1.29, 1.82) is 0 Å². The third kappa shape index (κ3) is 5.08. The summed E-state index contributed by atoms with van der Waals surface area (Å²) in [6, 6.07) is 7.89. The quantitative estimate of drug-likeness (QED) is 0.434. The van der Waals surface area contributed by atoms with E-state index in [2.05, 4.69) is 5.32 Å². The molecule has 1 atom stereocenters. The van der Waals surface area contributed by atoms with Gasteiger partial charge in [0.2, 0.25) is 0 Å². The van der Waals surface area contributed by atoms with E-state index in [1.54, 1.807) is 0 Å². The molecule has 0 radical (unpaired) electrons. The molecule has 142 valence electrons. The number of rotatable bonds is 6. The van der Waals surface area contributed by atoms with Crippen LogP contribution in [-0.4, -0.2) is 30.0 Å². The Kier molecular flexibility index (Phi) is 6.59. The Labute approximate surface area is 164 Å². The second kappa shape index (κ2) is 8.70. The minimum atomic E-state index is -1.18. The Morgan fingerprint density at radius 1 is 1.15 bits per heavy atom. The van der Waals surface area contributed by atoms with Crippen LogP contribution in [0.2, 0.25) is 10.0 Å². The molecule has 0 aliphatic rings. The van der Waals surface area contributed by atoms with Gasteiger partial charge in [0.15, 0.2) is 6.10 Å². The minimum Gasteiger partial charge on any atom is -0.495 e. The molecular weight excluding hydrogens is 399 g/mol. The van der Waals surface area contributed by atoms with E-state index in [0.29, 0.717) is 0 Å². The molecule has 8 nitrogen and oxygen atoms in total. The van der Waals surface area contributed by atoms with Crippen LogP contribution in [0.4, 0.5) is 11.4 Å². The molecule has 2 rings (SSSR count). The van der Waals surface area contributed by atoms with E-state index >= 15 is 0 Å². The van der Waals surface area contributed by atoms with Gasteiger partial charge in [-0.1, -0.05) is 23.2 Å². The molecule has 0 aliphatic heterocycles. The Balaban J connectivity index is 2.11. The van der Waals surface area contributed by atoms with E-state index in [0.717, 1.165) is 6.07 Å². The first-order chi connectivity index (χ1) is 12.7. The lowest BCUT2D eigenvalue weighted by molar-refractivity contribution is -0.384. The lowest BCUT2D eigenvalue weighted by Crippen LogP contribution is -2.30. The maximum absolute atomic E-state index is 12.3. The number of benzene rings is 2. The summed E-state index contributed by atoms with van der Waals surface area (Å²) >= 11 is 11.6. The number of anilines is 1. The number of amides is 1. The largest absolute Gasteiger partial charge is 0.495 e. The number of halogens is 2. The third-order valence-electron chi connectivity index (χ3n) is 3.46. The molecule has 0 saturated carbocycles. The minimum absolute atomic E-state index is 0.0779. The third-order valence-corrected chi connectivity index (χ3v) is 4.20. The molecule has 0 spiro atoms. The molecule has 1 N–H and O–H groups in total.